The number of pyridine rings is 2. The maximum atomic E-state index is 13.7. The summed E-state index contributed by atoms with van der Waals surface area (Å²) in [6.45, 7) is 11.7. The molecule has 4 heterocycles. The number of benzene rings is 1. The second-order valence-electron chi connectivity index (χ2n) is 10.8. The van der Waals surface area contributed by atoms with Crippen molar-refractivity contribution in [2.24, 2.45) is 5.92 Å². The number of hydrogen-bond acceptors (Lipinski definition) is 6. The highest BCUT2D eigenvalue weighted by Crippen LogP contribution is 2.48. The van der Waals surface area contributed by atoms with E-state index in [0.717, 1.165) is 56.8 Å². The molecule has 2 aromatic heterocycles. The Balaban J connectivity index is 1.70. The minimum Gasteiger partial charge on any atom is -0.486 e. The highest BCUT2D eigenvalue weighted by atomic mass is 16.6. The molecule has 7 heteroatoms. The van der Waals surface area contributed by atoms with Gasteiger partial charge in [-0.25, -0.2) is 4.98 Å². The van der Waals surface area contributed by atoms with Crippen LogP contribution in [0.3, 0.4) is 0 Å². The third-order valence-electron chi connectivity index (χ3n) is 8.27. The molecule has 1 aliphatic carbocycles. The molecule has 1 aromatic carbocycles. The van der Waals surface area contributed by atoms with E-state index in [2.05, 4.69) is 20.8 Å². The number of ketones is 1. The largest absolute Gasteiger partial charge is 0.486 e. The normalized spacial score (nSPS) is 20.0. The van der Waals surface area contributed by atoms with Gasteiger partial charge in [-0.15, -0.1) is 0 Å². The SMILES string of the molecule is CC[C@@]1(O)C(=O)CCc2c1cc1n(c2=O)Cc2c-1nc1c(C)c(C)c3c(c1c2CC(C)C)OCCO3. The first-order valence-electron chi connectivity index (χ1n) is 12.9. The molecule has 188 valence electrons. The third-order valence-corrected chi connectivity index (χ3v) is 8.27. The summed E-state index contributed by atoms with van der Waals surface area (Å²) in [5.74, 6) is 1.69. The Morgan fingerprint density at radius 3 is 2.50 bits per heavy atom. The molecule has 7 nitrogen and oxygen atoms in total. The fourth-order valence-corrected chi connectivity index (χ4v) is 6.23. The average molecular weight is 489 g/mol. The van der Waals surface area contributed by atoms with E-state index in [0.29, 0.717) is 48.9 Å². The fourth-order valence-electron chi connectivity index (χ4n) is 6.23. The van der Waals surface area contributed by atoms with Crippen LogP contribution in [0.25, 0.3) is 22.3 Å². The number of aliphatic hydroxyl groups is 1. The van der Waals surface area contributed by atoms with E-state index in [1.807, 2.05) is 13.0 Å². The first-order chi connectivity index (χ1) is 17.2. The van der Waals surface area contributed by atoms with E-state index in [1.54, 1.807) is 11.5 Å². The molecule has 1 atom stereocenters. The number of fused-ring (bicyclic) bond motifs is 7. The zero-order valence-corrected chi connectivity index (χ0v) is 21.6. The molecule has 0 fully saturated rings. The quantitative estimate of drug-likeness (QED) is 0.467. The van der Waals surface area contributed by atoms with Crippen molar-refractivity contribution >= 4 is 16.7 Å². The van der Waals surface area contributed by atoms with Crippen LogP contribution in [0.4, 0.5) is 0 Å². The first kappa shape index (κ1) is 23.2. The van der Waals surface area contributed by atoms with Gasteiger partial charge in [-0.05, 0) is 56.2 Å². The van der Waals surface area contributed by atoms with E-state index < -0.39 is 5.60 Å². The topological polar surface area (TPSA) is 90.7 Å². The lowest BCUT2D eigenvalue weighted by Gasteiger charge is -2.32. The van der Waals surface area contributed by atoms with Gasteiger partial charge in [0, 0.05) is 28.7 Å². The number of rotatable bonds is 3. The van der Waals surface area contributed by atoms with Crippen LogP contribution < -0.4 is 15.0 Å². The molecule has 3 aliphatic rings. The lowest BCUT2D eigenvalue weighted by atomic mass is 9.77. The predicted octanol–water partition coefficient (Wildman–Crippen LogP) is 4.12. The Kier molecular flexibility index (Phi) is 5.10. The van der Waals surface area contributed by atoms with E-state index in [9.17, 15) is 14.7 Å². The van der Waals surface area contributed by atoms with Gasteiger partial charge in [0.2, 0.25) is 0 Å². The van der Waals surface area contributed by atoms with Gasteiger partial charge in [-0.2, -0.15) is 0 Å². The number of hydrogen-bond donors (Lipinski definition) is 1. The van der Waals surface area contributed by atoms with Gasteiger partial charge in [-0.3, -0.25) is 9.59 Å². The Morgan fingerprint density at radius 1 is 1.08 bits per heavy atom. The molecule has 0 amide bonds. The molecule has 0 bridgehead atoms. The number of aryl methyl sites for hydroxylation is 1. The predicted molar refractivity (Wildman–Crippen MR) is 137 cm³/mol. The van der Waals surface area contributed by atoms with Crippen LogP contribution in [0.5, 0.6) is 11.5 Å². The molecular formula is C29H32N2O5. The summed E-state index contributed by atoms with van der Waals surface area (Å²) in [7, 11) is 0. The van der Waals surface area contributed by atoms with E-state index >= 15 is 0 Å². The lowest BCUT2D eigenvalue weighted by molar-refractivity contribution is -0.140. The van der Waals surface area contributed by atoms with Crippen molar-refractivity contribution < 1.29 is 19.4 Å². The minimum atomic E-state index is -1.63. The van der Waals surface area contributed by atoms with Gasteiger partial charge < -0.3 is 19.1 Å². The molecule has 1 N–H and O–H groups in total. The summed E-state index contributed by atoms with van der Waals surface area (Å²) < 4.78 is 14.0. The standard InChI is InChI=1S/C29H32N2O5/c1-6-29(34)20-12-21-25-19(13-31(21)28(33)17(20)7-8-22(29)32)18(11-14(2)3)23-24(30-25)15(4)16(5)26-27(23)36-10-9-35-26/h12,14,34H,6-11,13H2,1-5H3/t29-/m0/s1. The fraction of sp³-hybridized carbons (Fsp3) is 0.483. The maximum Gasteiger partial charge on any atom is 0.254 e. The van der Waals surface area contributed by atoms with Gasteiger partial charge in [0.15, 0.2) is 17.3 Å². The van der Waals surface area contributed by atoms with Crippen molar-refractivity contribution in [2.45, 2.75) is 72.4 Å². The van der Waals surface area contributed by atoms with Gasteiger partial charge in [0.25, 0.3) is 5.56 Å². The number of nitrogens with zero attached hydrogens (tertiary/aromatic N) is 2. The third kappa shape index (κ3) is 2.98. The second kappa shape index (κ2) is 7.90. The van der Waals surface area contributed by atoms with Gasteiger partial charge in [0.1, 0.15) is 18.8 Å². The summed E-state index contributed by atoms with van der Waals surface area (Å²) in [5.41, 5.74) is 5.72. The summed E-state index contributed by atoms with van der Waals surface area (Å²) >= 11 is 0. The number of carbonyl (C=O) groups excluding carboxylic acids is 1. The summed E-state index contributed by atoms with van der Waals surface area (Å²) in [4.78, 5) is 31.6. The van der Waals surface area contributed by atoms with Crippen molar-refractivity contribution in [1.82, 2.24) is 9.55 Å². The molecule has 0 saturated heterocycles. The van der Waals surface area contributed by atoms with Gasteiger partial charge in [0.05, 0.1) is 28.8 Å². The van der Waals surface area contributed by atoms with Crippen LogP contribution in [0, 0.1) is 19.8 Å². The van der Waals surface area contributed by atoms with E-state index in [-0.39, 0.29) is 24.2 Å². The van der Waals surface area contributed by atoms with E-state index in [4.69, 9.17) is 14.5 Å². The second-order valence-corrected chi connectivity index (χ2v) is 10.8. The van der Waals surface area contributed by atoms with Crippen molar-refractivity contribution in [1.29, 1.82) is 0 Å². The van der Waals surface area contributed by atoms with Crippen molar-refractivity contribution in [3.63, 3.8) is 0 Å². The number of Topliss-reactive ketones (excluding diaryl/α,β-unsaturated/α-hetero) is 1. The van der Waals surface area contributed by atoms with Crippen LogP contribution in [-0.2, 0) is 29.8 Å². The molecule has 2 aliphatic heterocycles. The van der Waals surface area contributed by atoms with Crippen LogP contribution in [0.15, 0.2) is 10.9 Å². The highest BCUT2D eigenvalue weighted by molar-refractivity contribution is 5.98. The molecular weight excluding hydrogens is 456 g/mol. The summed E-state index contributed by atoms with van der Waals surface area (Å²) in [5, 5.41) is 12.3. The molecule has 3 aromatic rings. The molecule has 0 radical (unpaired) electrons. The van der Waals surface area contributed by atoms with Crippen molar-refractivity contribution in [3.8, 4) is 22.9 Å². The van der Waals surface area contributed by atoms with Crippen LogP contribution in [0.1, 0.15) is 67.0 Å². The lowest BCUT2D eigenvalue weighted by Crippen LogP contribution is -2.43. The van der Waals surface area contributed by atoms with Crippen LogP contribution >= 0.6 is 0 Å². The number of aromatic nitrogens is 2. The highest BCUT2D eigenvalue weighted by Gasteiger charge is 2.43. The van der Waals surface area contributed by atoms with Gasteiger partial charge >= 0.3 is 0 Å². The Morgan fingerprint density at radius 2 is 1.81 bits per heavy atom. The average Bonchev–Trinajstić information content (AvgIpc) is 3.24. The molecule has 0 unspecified atom stereocenters. The smallest absolute Gasteiger partial charge is 0.254 e. The Labute approximate surface area is 210 Å². The molecule has 6 rings (SSSR count). The van der Waals surface area contributed by atoms with E-state index in [1.165, 1.54) is 0 Å². The molecule has 0 saturated carbocycles. The Hall–Kier alpha value is -3.19. The summed E-state index contributed by atoms with van der Waals surface area (Å²) in [6, 6.07) is 1.85. The zero-order chi connectivity index (χ0) is 25.5. The molecule has 36 heavy (non-hydrogen) atoms. The zero-order valence-electron chi connectivity index (χ0n) is 21.6. The molecule has 0 spiro atoms. The monoisotopic (exact) mass is 488 g/mol. The number of ether oxygens (including phenoxy) is 2. The van der Waals surface area contributed by atoms with Crippen molar-refractivity contribution in [3.05, 3.63) is 49.8 Å². The minimum absolute atomic E-state index is 0.131. The van der Waals surface area contributed by atoms with Crippen molar-refractivity contribution in [2.75, 3.05) is 13.2 Å². The number of carbonyl (C=O) groups is 1. The summed E-state index contributed by atoms with van der Waals surface area (Å²) in [6.07, 6.45) is 1.58. The van der Waals surface area contributed by atoms with Crippen LogP contribution in [0.2, 0.25) is 0 Å². The van der Waals surface area contributed by atoms with Crippen LogP contribution in [-0.4, -0.2) is 33.7 Å². The maximum absolute atomic E-state index is 13.7. The van der Waals surface area contributed by atoms with Gasteiger partial charge in [-0.1, -0.05) is 20.8 Å². The first-order valence-corrected chi connectivity index (χ1v) is 12.9. The Bertz CT molecular complexity index is 1530.